The standard InChI is InChI=1S/C22H28N4O3/c23-10-16-9-13-3-2-6-17(13)25(16)11-14-4-1-5-15-12-26(22(29)20(14)15)18-7-8-19(27)24-21(18)28/h1,4-5,13,16-18H,2-3,6-12,23H2,(H,24,27,28)/t13-,16-,17-,18?/m0/s1. The number of imide groups is 1. The summed E-state index contributed by atoms with van der Waals surface area (Å²) in [6.45, 7) is 1.82. The second-order valence-corrected chi connectivity index (χ2v) is 8.91. The van der Waals surface area contributed by atoms with Crippen LogP contribution in [0.25, 0.3) is 0 Å². The molecule has 3 heterocycles. The number of carbonyl (C=O) groups excluding carboxylic acids is 3. The molecule has 0 radical (unpaired) electrons. The molecule has 1 saturated carbocycles. The molecular formula is C22H28N4O3. The van der Waals surface area contributed by atoms with E-state index in [9.17, 15) is 14.4 Å². The van der Waals surface area contributed by atoms with Gasteiger partial charge in [-0.15, -0.1) is 0 Å². The summed E-state index contributed by atoms with van der Waals surface area (Å²) in [6, 6.07) is 6.41. The first-order valence-electron chi connectivity index (χ1n) is 10.8. The third-order valence-electron chi connectivity index (χ3n) is 7.35. The van der Waals surface area contributed by atoms with Gasteiger partial charge in [-0.2, -0.15) is 0 Å². The molecule has 154 valence electrons. The molecule has 4 aliphatic rings. The minimum Gasteiger partial charge on any atom is -0.329 e. The molecule has 2 saturated heterocycles. The Bertz CT molecular complexity index is 870. The van der Waals surface area contributed by atoms with Crippen LogP contribution in [0.2, 0.25) is 0 Å². The van der Waals surface area contributed by atoms with Gasteiger partial charge in [-0.1, -0.05) is 24.6 Å². The molecule has 7 heteroatoms. The average Bonchev–Trinajstić information content (AvgIpc) is 3.37. The first kappa shape index (κ1) is 18.8. The predicted molar refractivity (Wildman–Crippen MR) is 107 cm³/mol. The van der Waals surface area contributed by atoms with E-state index < -0.39 is 6.04 Å². The minimum atomic E-state index is -0.566. The van der Waals surface area contributed by atoms with E-state index in [1.807, 2.05) is 18.2 Å². The Balaban J connectivity index is 1.40. The number of benzene rings is 1. The smallest absolute Gasteiger partial charge is 0.255 e. The number of carbonyl (C=O) groups is 3. The lowest BCUT2D eigenvalue weighted by atomic mass is 10.0. The summed E-state index contributed by atoms with van der Waals surface area (Å²) >= 11 is 0. The maximum absolute atomic E-state index is 13.3. The van der Waals surface area contributed by atoms with Crippen molar-refractivity contribution in [2.75, 3.05) is 6.54 Å². The zero-order valence-electron chi connectivity index (χ0n) is 16.6. The van der Waals surface area contributed by atoms with Crippen LogP contribution in [-0.2, 0) is 22.7 Å². The average molecular weight is 396 g/mol. The summed E-state index contributed by atoms with van der Waals surface area (Å²) < 4.78 is 0. The van der Waals surface area contributed by atoms with Crippen LogP contribution >= 0.6 is 0 Å². The number of amides is 3. The molecule has 1 aliphatic carbocycles. The molecule has 1 aromatic carbocycles. The van der Waals surface area contributed by atoms with Gasteiger partial charge in [0.2, 0.25) is 11.8 Å². The van der Waals surface area contributed by atoms with Gasteiger partial charge in [0.1, 0.15) is 6.04 Å². The van der Waals surface area contributed by atoms with Crippen molar-refractivity contribution < 1.29 is 14.4 Å². The van der Waals surface area contributed by atoms with Crippen molar-refractivity contribution >= 4 is 17.7 Å². The van der Waals surface area contributed by atoms with Crippen LogP contribution in [0.5, 0.6) is 0 Å². The van der Waals surface area contributed by atoms with Crippen LogP contribution in [0.1, 0.15) is 60.0 Å². The van der Waals surface area contributed by atoms with Gasteiger partial charge in [0.25, 0.3) is 5.91 Å². The normalized spacial score (nSPS) is 31.9. The summed E-state index contributed by atoms with van der Waals surface area (Å²) in [5.41, 5.74) is 8.83. The highest BCUT2D eigenvalue weighted by Crippen LogP contribution is 2.42. The van der Waals surface area contributed by atoms with Gasteiger partial charge in [-0.3, -0.25) is 24.6 Å². The number of fused-ring (bicyclic) bond motifs is 2. The van der Waals surface area contributed by atoms with Crippen molar-refractivity contribution in [2.45, 2.75) is 69.7 Å². The topological polar surface area (TPSA) is 95.7 Å². The Morgan fingerprint density at radius 2 is 2.00 bits per heavy atom. The number of hydrogen-bond acceptors (Lipinski definition) is 5. The second-order valence-electron chi connectivity index (χ2n) is 8.91. The molecular weight excluding hydrogens is 368 g/mol. The van der Waals surface area contributed by atoms with Gasteiger partial charge in [0.05, 0.1) is 0 Å². The third-order valence-corrected chi connectivity index (χ3v) is 7.35. The Morgan fingerprint density at radius 3 is 2.79 bits per heavy atom. The van der Waals surface area contributed by atoms with Gasteiger partial charge < -0.3 is 10.6 Å². The number of likely N-dealkylation sites (tertiary alicyclic amines) is 1. The third kappa shape index (κ3) is 3.07. The Labute approximate surface area is 170 Å². The van der Waals surface area contributed by atoms with Crippen molar-refractivity contribution in [3.8, 4) is 0 Å². The summed E-state index contributed by atoms with van der Waals surface area (Å²) in [5, 5.41) is 2.37. The molecule has 3 fully saturated rings. The van der Waals surface area contributed by atoms with Gasteiger partial charge in [0.15, 0.2) is 0 Å². The van der Waals surface area contributed by atoms with E-state index in [1.54, 1.807) is 4.90 Å². The molecule has 3 aliphatic heterocycles. The number of nitrogens with zero attached hydrogens (tertiary/aromatic N) is 2. The number of nitrogens with two attached hydrogens (primary N) is 1. The largest absolute Gasteiger partial charge is 0.329 e. The lowest BCUT2D eigenvalue weighted by Gasteiger charge is -2.30. The highest BCUT2D eigenvalue weighted by atomic mass is 16.2. The highest BCUT2D eigenvalue weighted by molar-refractivity contribution is 6.06. The molecule has 29 heavy (non-hydrogen) atoms. The SMILES string of the molecule is NC[C@@H]1C[C@@H]2CCC[C@@H]2N1Cc1cccc2c1C(=O)N(C1CCC(=O)NC1=O)C2. The van der Waals surface area contributed by atoms with Gasteiger partial charge in [-0.25, -0.2) is 0 Å². The van der Waals surface area contributed by atoms with Gasteiger partial charge in [-0.05, 0) is 42.7 Å². The monoisotopic (exact) mass is 396 g/mol. The minimum absolute atomic E-state index is 0.0865. The van der Waals surface area contributed by atoms with Crippen molar-refractivity contribution in [1.82, 2.24) is 15.1 Å². The summed E-state index contributed by atoms with van der Waals surface area (Å²) in [5.74, 6) is 0.0251. The molecule has 3 amide bonds. The van der Waals surface area contributed by atoms with Gasteiger partial charge in [0, 0.05) is 43.7 Å². The zero-order valence-corrected chi connectivity index (χ0v) is 16.6. The van der Waals surface area contributed by atoms with E-state index in [0.717, 1.165) is 35.6 Å². The summed E-state index contributed by atoms with van der Waals surface area (Å²) in [6.07, 6.45) is 5.60. The maximum Gasteiger partial charge on any atom is 0.255 e. The first-order valence-corrected chi connectivity index (χ1v) is 10.8. The van der Waals surface area contributed by atoms with Crippen LogP contribution in [0.3, 0.4) is 0 Å². The Hall–Kier alpha value is -2.25. The maximum atomic E-state index is 13.3. The Kier molecular flexibility index (Phi) is 4.67. The van der Waals surface area contributed by atoms with E-state index in [2.05, 4.69) is 10.2 Å². The molecule has 3 N–H and O–H groups in total. The van der Waals surface area contributed by atoms with E-state index in [4.69, 9.17) is 5.73 Å². The van der Waals surface area contributed by atoms with Crippen LogP contribution in [-0.4, -0.2) is 52.2 Å². The second kappa shape index (κ2) is 7.22. The van der Waals surface area contributed by atoms with Crippen molar-refractivity contribution in [2.24, 2.45) is 11.7 Å². The van der Waals surface area contributed by atoms with Gasteiger partial charge >= 0.3 is 0 Å². The van der Waals surface area contributed by atoms with Crippen molar-refractivity contribution in [1.29, 1.82) is 0 Å². The summed E-state index contributed by atoms with van der Waals surface area (Å²) in [4.78, 5) is 41.3. The zero-order chi connectivity index (χ0) is 20.1. The molecule has 0 aromatic heterocycles. The number of rotatable bonds is 4. The highest BCUT2D eigenvalue weighted by Gasteiger charge is 2.44. The Morgan fingerprint density at radius 1 is 1.14 bits per heavy atom. The fourth-order valence-electron chi connectivity index (χ4n) is 5.98. The summed E-state index contributed by atoms with van der Waals surface area (Å²) in [7, 11) is 0. The van der Waals surface area contributed by atoms with Crippen molar-refractivity contribution in [3.05, 3.63) is 34.9 Å². The molecule has 4 atom stereocenters. The lowest BCUT2D eigenvalue weighted by molar-refractivity contribution is -0.136. The molecule has 1 aromatic rings. The number of hydrogen-bond donors (Lipinski definition) is 2. The lowest BCUT2D eigenvalue weighted by Crippen LogP contribution is -2.52. The van der Waals surface area contributed by atoms with E-state index >= 15 is 0 Å². The molecule has 0 spiro atoms. The van der Waals surface area contributed by atoms with Crippen LogP contribution in [0.4, 0.5) is 0 Å². The fourth-order valence-corrected chi connectivity index (χ4v) is 5.98. The van der Waals surface area contributed by atoms with Crippen molar-refractivity contribution in [3.63, 3.8) is 0 Å². The number of nitrogens with one attached hydrogen (secondary N) is 1. The van der Waals surface area contributed by atoms with Crippen LogP contribution in [0, 0.1) is 5.92 Å². The first-order chi connectivity index (χ1) is 14.1. The molecule has 5 rings (SSSR count). The number of piperidine rings is 1. The quantitative estimate of drug-likeness (QED) is 0.745. The molecule has 1 unspecified atom stereocenters. The predicted octanol–water partition coefficient (Wildman–Crippen LogP) is 1.15. The fraction of sp³-hybridized carbons (Fsp3) is 0.591. The molecule has 0 bridgehead atoms. The van der Waals surface area contributed by atoms with E-state index in [-0.39, 0.29) is 24.1 Å². The molecule has 7 nitrogen and oxygen atoms in total. The van der Waals surface area contributed by atoms with E-state index in [0.29, 0.717) is 31.6 Å². The van der Waals surface area contributed by atoms with Crippen LogP contribution < -0.4 is 11.1 Å². The van der Waals surface area contributed by atoms with Crippen LogP contribution in [0.15, 0.2) is 18.2 Å². The van der Waals surface area contributed by atoms with E-state index in [1.165, 1.54) is 19.3 Å².